The van der Waals surface area contributed by atoms with Crippen molar-refractivity contribution in [1.82, 2.24) is 15.0 Å². The molecule has 1 saturated heterocycles. The molecule has 21 heavy (non-hydrogen) atoms. The number of methoxy groups -OCH3 is 1. The van der Waals surface area contributed by atoms with Crippen molar-refractivity contribution in [1.29, 1.82) is 0 Å². The highest BCUT2D eigenvalue weighted by atomic mass is 16.5. The fourth-order valence-electron chi connectivity index (χ4n) is 2.67. The van der Waals surface area contributed by atoms with Gasteiger partial charge in [-0.2, -0.15) is 4.98 Å². The van der Waals surface area contributed by atoms with E-state index in [1.165, 1.54) is 7.11 Å². The first-order valence-corrected chi connectivity index (χ1v) is 6.84. The van der Waals surface area contributed by atoms with Crippen LogP contribution < -0.4 is 0 Å². The normalized spacial score (nSPS) is 22.6. The largest absolute Gasteiger partial charge is 0.469 e. The average molecular weight is 291 g/mol. The molecule has 0 N–H and O–H groups in total. The molecule has 2 aromatic heterocycles. The molecule has 3 rings (SSSR count). The summed E-state index contributed by atoms with van der Waals surface area (Å²) >= 11 is 0. The molecule has 2 aromatic rings. The molecule has 112 valence electrons. The van der Waals surface area contributed by atoms with E-state index in [9.17, 15) is 4.79 Å². The smallest absolute Gasteiger partial charge is 0.310 e. The Morgan fingerprint density at radius 2 is 2.38 bits per heavy atom. The second kappa shape index (κ2) is 5.69. The maximum absolute atomic E-state index is 11.7. The molecule has 0 amide bonds. The van der Waals surface area contributed by atoms with Gasteiger partial charge >= 0.3 is 5.97 Å². The summed E-state index contributed by atoms with van der Waals surface area (Å²) in [7, 11) is 1.42. The number of carbonyl (C=O) groups excluding carboxylic acids is 1. The molecule has 0 saturated carbocycles. The summed E-state index contributed by atoms with van der Waals surface area (Å²) in [6.07, 6.45) is 1.56. The zero-order valence-corrected chi connectivity index (χ0v) is 12.0. The number of esters is 1. The third-order valence-corrected chi connectivity index (χ3v) is 3.76. The number of ether oxygens (including phenoxy) is 1. The Balaban J connectivity index is 1.64. The summed E-state index contributed by atoms with van der Waals surface area (Å²) in [4.78, 5) is 18.1. The SMILES string of the molecule is COC(=O)C1CN(Cc2nc(-c3ccco3)no2)CC1C. The lowest BCUT2D eigenvalue weighted by Gasteiger charge is -2.12. The monoisotopic (exact) mass is 291 g/mol. The van der Waals surface area contributed by atoms with Gasteiger partial charge in [-0.1, -0.05) is 12.1 Å². The van der Waals surface area contributed by atoms with Crippen molar-refractivity contribution >= 4 is 5.97 Å². The Labute approximate surface area is 121 Å². The third-order valence-electron chi connectivity index (χ3n) is 3.76. The van der Waals surface area contributed by atoms with E-state index in [0.29, 0.717) is 30.6 Å². The summed E-state index contributed by atoms with van der Waals surface area (Å²) in [5, 5.41) is 3.89. The van der Waals surface area contributed by atoms with Gasteiger partial charge in [0.25, 0.3) is 0 Å². The second-order valence-corrected chi connectivity index (χ2v) is 5.29. The number of hydrogen-bond acceptors (Lipinski definition) is 7. The fourth-order valence-corrected chi connectivity index (χ4v) is 2.67. The highest BCUT2D eigenvalue weighted by molar-refractivity contribution is 5.73. The van der Waals surface area contributed by atoms with Gasteiger partial charge in [-0.25, -0.2) is 0 Å². The first-order valence-electron chi connectivity index (χ1n) is 6.84. The number of hydrogen-bond donors (Lipinski definition) is 0. The van der Waals surface area contributed by atoms with Crippen LogP contribution in [0.1, 0.15) is 12.8 Å². The quantitative estimate of drug-likeness (QED) is 0.791. The second-order valence-electron chi connectivity index (χ2n) is 5.29. The molecule has 7 nitrogen and oxygen atoms in total. The Bertz CT molecular complexity index is 608. The Morgan fingerprint density at radius 1 is 1.52 bits per heavy atom. The predicted molar refractivity (Wildman–Crippen MR) is 71.9 cm³/mol. The van der Waals surface area contributed by atoms with Crippen LogP contribution in [-0.2, 0) is 16.1 Å². The van der Waals surface area contributed by atoms with E-state index in [-0.39, 0.29) is 17.8 Å². The predicted octanol–water partition coefficient (Wildman–Crippen LogP) is 1.57. The molecule has 2 atom stereocenters. The van der Waals surface area contributed by atoms with Crippen LogP contribution in [0.15, 0.2) is 27.3 Å². The molecule has 0 aromatic carbocycles. The molecule has 1 fully saturated rings. The minimum atomic E-state index is -0.160. The molecule has 0 spiro atoms. The van der Waals surface area contributed by atoms with Gasteiger partial charge in [-0.05, 0) is 18.1 Å². The third kappa shape index (κ3) is 2.82. The highest BCUT2D eigenvalue weighted by Crippen LogP contribution is 2.25. The molecule has 7 heteroatoms. The van der Waals surface area contributed by atoms with E-state index in [2.05, 4.69) is 15.0 Å². The molecule has 2 unspecified atom stereocenters. The summed E-state index contributed by atoms with van der Waals surface area (Å²) in [6.45, 7) is 4.01. The van der Waals surface area contributed by atoms with Gasteiger partial charge in [0, 0.05) is 13.1 Å². The van der Waals surface area contributed by atoms with E-state index in [0.717, 1.165) is 6.54 Å². The van der Waals surface area contributed by atoms with Crippen LogP contribution in [-0.4, -0.2) is 41.2 Å². The minimum absolute atomic E-state index is 0.0949. The van der Waals surface area contributed by atoms with E-state index >= 15 is 0 Å². The van der Waals surface area contributed by atoms with Crippen molar-refractivity contribution in [2.45, 2.75) is 13.5 Å². The first kappa shape index (κ1) is 13.8. The molecule has 0 radical (unpaired) electrons. The molecule has 3 heterocycles. The molecular formula is C14H17N3O4. The number of carbonyl (C=O) groups is 1. The number of nitrogens with zero attached hydrogens (tertiary/aromatic N) is 3. The van der Waals surface area contributed by atoms with E-state index in [1.807, 2.05) is 6.92 Å². The summed E-state index contributed by atoms with van der Waals surface area (Å²) in [6, 6.07) is 3.55. The lowest BCUT2D eigenvalue weighted by atomic mass is 9.99. The van der Waals surface area contributed by atoms with E-state index < -0.39 is 0 Å². The number of aromatic nitrogens is 2. The van der Waals surface area contributed by atoms with Crippen molar-refractivity contribution in [3.8, 4) is 11.6 Å². The molecule has 1 aliphatic heterocycles. The lowest BCUT2D eigenvalue weighted by molar-refractivity contribution is -0.146. The van der Waals surface area contributed by atoms with Crippen molar-refractivity contribution < 1.29 is 18.5 Å². The van der Waals surface area contributed by atoms with Crippen LogP contribution in [0.4, 0.5) is 0 Å². The average Bonchev–Trinajstić information content (AvgIpc) is 3.18. The van der Waals surface area contributed by atoms with Crippen molar-refractivity contribution in [2.24, 2.45) is 11.8 Å². The van der Waals surface area contributed by atoms with Crippen LogP contribution in [0.5, 0.6) is 0 Å². The summed E-state index contributed by atoms with van der Waals surface area (Å²) in [5.41, 5.74) is 0. The van der Waals surface area contributed by atoms with E-state index in [4.69, 9.17) is 13.7 Å². The van der Waals surface area contributed by atoms with Crippen molar-refractivity contribution in [3.63, 3.8) is 0 Å². The van der Waals surface area contributed by atoms with Gasteiger partial charge in [0.15, 0.2) is 5.76 Å². The number of furan rings is 1. The van der Waals surface area contributed by atoms with Gasteiger partial charge in [0.1, 0.15) is 0 Å². The Hall–Kier alpha value is -2.15. The Morgan fingerprint density at radius 3 is 3.10 bits per heavy atom. The highest BCUT2D eigenvalue weighted by Gasteiger charge is 2.36. The van der Waals surface area contributed by atoms with Gasteiger partial charge < -0.3 is 13.7 Å². The maximum atomic E-state index is 11.7. The minimum Gasteiger partial charge on any atom is -0.469 e. The summed E-state index contributed by atoms with van der Waals surface area (Å²) in [5.74, 6) is 1.53. The topological polar surface area (TPSA) is 81.6 Å². The van der Waals surface area contributed by atoms with Gasteiger partial charge in [0.2, 0.25) is 11.7 Å². The first-order chi connectivity index (χ1) is 10.2. The molecule has 0 aliphatic carbocycles. The molecular weight excluding hydrogens is 274 g/mol. The fraction of sp³-hybridized carbons (Fsp3) is 0.500. The summed E-state index contributed by atoms with van der Waals surface area (Å²) < 4.78 is 15.3. The van der Waals surface area contributed by atoms with Crippen LogP contribution in [0.25, 0.3) is 11.6 Å². The zero-order valence-electron chi connectivity index (χ0n) is 12.0. The van der Waals surface area contributed by atoms with Crippen LogP contribution in [0.3, 0.4) is 0 Å². The molecule has 1 aliphatic rings. The standard InChI is InChI=1S/C14H17N3O4/c1-9-6-17(7-10(9)14(18)19-2)8-12-15-13(16-21-12)11-4-3-5-20-11/h3-5,9-10H,6-8H2,1-2H3. The van der Waals surface area contributed by atoms with Gasteiger partial charge in [0.05, 0.1) is 25.8 Å². The number of rotatable bonds is 4. The van der Waals surface area contributed by atoms with Crippen LogP contribution in [0.2, 0.25) is 0 Å². The van der Waals surface area contributed by atoms with Crippen molar-refractivity contribution in [2.75, 3.05) is 20.2 Å². The van der Waals surface area contributed by atoms with Crippen molar-refractivity contribution in [3.05, 3.63) is 24.3 Å². The zero-order chi connectivity index (χ0) is 14.8. The molecule has 0 bridgehead atoms. The van der Waals surface area contributed by atoms with Gasteiger partial charge in [-0.3, -0.25) is 9.69 Å². The van der Waals surface area contributed by atoms with Crippen LogP contribution in [0, 0.1) is 11.8 Å². The van der Waals surface area contributed by atoms with E-state index in [1.54, 1.807) is 18.4 Å². The Kier molecular flexibility index (Phi) is 3.74. The van der Waals surface area contributed by atoms with Gasteiger partial charge in [-0.15, -0.1) is 0 Å². The lowest BCUT2D eigenvalue weighted by Crippen LogP contribution is -2.24. The maximum Gasteiger partial charge on any atom is 0.310 e. The number of likely N-dealkylation sites (tertiary alicyclic amines) is 1. The van der Waals surface area contributed by atoms with Crippen LogP contribution >= 0.6 is 0 Å².